The number of benzene rings is 2. The van der Waals surface area contributed by atoms with E-state index in [0.717, 1.165) is 48.1 Å². The molecule has 6 heteroatoms. The number of carbonyl (C=O) groups excluding carboxylic acids is 2. The van der Waals surface area contributed by atoms with Crippen molar-refractivity contribution in [3.63, 3.8) is 0 Å². The second kappa shape index (κ2) is 11.8. The van der Waals surface area contributed by atoms with Crippen molar-refractivity contribution in [3.05, 3.63) is 62.6 Å². The van der Waals surface area contributed by atoms with Gasteiger partial charge in [-0.15, -0.1) is 0 Å². The Morgan fingerprint density at radius 3 is 2.43 bits per heavy atom. The lowest BCUT2D eigenvalue weighted by molar-refractivity contribution is -0.115. The predicted octanol–water partition coefficient (Wildman–Crippen LogP) is 7.61. The Kier molecular flexibility index (Phi) is 8.68. The summed E-state index contributed by atoms with van der Waals surface area (Å²) in [5, 5.41) is 1.94. The molecule has 2 amide bonds. The van der Waals surface area contributed by atoms with Crippen LogP contribution < -0.4 is 14.8 Å². The Labute approximate surface area is 225 Å². The van der Waals surface area contributed by atoms with Crippen LogP contribution in [0.5, 0.6) is 11.5 Å². The molecule has 1 N–H and O–H groups in total. The molecule has 37 heavy (non-hydrogen) atoms. The molecule has 198 valence electrons. The van der Waals surface area contributed by atoms with Gasteiger partial charge in [-0.2, -0.15) is 0 Å². The van der Waals surface area contributed by atoms with Crippen molar-refractivity contribution in [3.8, 4) is 11.5 Å². The highest BCUT2D eigenvalue weighted by Crippen LogP contribution is 2.41. The van der Waals surface area contributed by atoms with E-state index >= 15 is 0 Å². The molecule has 1 atom stereocenters. The number of nitrogens with one attached hydrogen (secondary N) is 1. The molecular weight excluding hydrogens is 482 g/mol. The van der Waals surface area contributed by atoms with Gasteiger partial charge in [-0.05, 0) is 117 Å². The van der Waals surface area contributed by atoms with Crippen LogP contribution in [0, 0.1) is 20.8 Å². The van der Waals surface area contributed by atoms with Gasteiger partial charge in [-0.3, -0.25) is 14.9 Å². The number of amides is 2. The number of hydrogen-bond acceptors (Lipinski definition) is 5. The second-order valence-corrected chi connectivity index (χ2v) is 11.6. The average molecular weight is 522 g/mol. The second-order valence-electron chi connectivity index (χ2n) is 10.6. The molecule has 0 aromatic heterocycles. The first kappa shape index (κ1) is 27.3. The first-order valence-electron chi connectivity index (χ1n) is 13.5. The van der Waals surface area contributed by atoms with Gasteiger partial charge in [0, 0.05) is 0 Å². The highest BCUT2D eigenvalue weighted by atomic mass is 32.2. The number of rotatable bonds is 10. The van der Waals surface area contributed by atoms with Crippen molar-refractivity contribution in [2.45, 2.75) is 91.6 Å². The predicted molar refractivity (Wildman–Crippen MR) is 152 cm³/mol. The van der Waals surface area contributed by atoms with Crippen LogP contribution in [0.4, 0.5) is 4.79 Å². The summed E-state index contributed by atoms with van der Waals surface area (Å²) < 4.78 is 12.8. The summed E-state index contributed by atoms with van der Waals surface area (Å²) >= 11 is 0.920. The molecule has 1 saturated heterocycles. The zero-order valence-electron chi connectivity index (χ0n) is 22.8. The van der Waals surface area contributed by atoms with Gasteiger partial charge in [0.05, 0.1) is 4.91 Å². The van der Waals surface area contributed by atoms with E-state index in [4.69, 9.17) is 9.47 Å². The van der Waals surface area contributed by atoms with Crippen LogP contribution in [0.15, 0.2) is 29.2 Å². The average Bonchev–Trinajstić information content (AvgIpc) is 3.20. The van der Waals surface area contributed by atoms with E-state index in [0.29, 0.717) is 11.5 Å². The molecule has 2 heterocycles. The maximum Gasteiger partial charge on any atom is 0.290 e. The fourth-order valence-corrected chi connectivity index (χ4v) is 5.92. The molecule has 0 bridgehead atoms. The molecule has 2 aliphatic heterocycles. The molecule has 0 radical (unpaired) electrons. The SMILES string of the molecule is CCCCCCCc1c(C)c(C)c2c(c1C)CCC(C)(COc1ccc(/C=C3\SC(=O)NC3=O)cc1)O2. The van der Waals surface area contributed by atoms with E-state index in [9.17, 15) is 9.59 Å². The molecule has 1 fully saturated rings. The zero-order chi connectivity index (χ0) is 26.6. The van der Waals surface area contributed by atoms with E-state index in [1.54, 1.807) is 6.08 Å². The van der Waals surface area contributed by atoms with Crippen molar-refractivity contribution in [1.29, 1.82) is 0 Å². The molecule has 4 rings (SSSR count). The van der Waals surface area contributed by atoms with Crippen LogP contribution in [0.25, 0.3) is 6.08 Å². The molecule has 5 nitrogen and oxygen atoms in total. The molecule has 2 aromatic rings. The maximum atomic E-state index is 11.8. The van der Waals surface area contributed by atoms with Gasteiger partial charge in [-0.1, -0.05) is 44.7 Å². The summed E-state index contributed by atoms with van der Waals surface area (Å²) in [5.74, 6) is 1.45. The summed E-state index contributed by atoms with van der Waals surface area (Å²) in [6, 6.07) is 7.55. The topological polar surface area (TPSA) is 64.6 Å². The lowest BCUT2D eigenvalue weighted by atomic mass is 9.84. The van der Waals surface area contributed by atoms with Crippen molar-refractivity contribution < 1.29 is 19.1 Å². The van der Waals surface area contributed by atoms with E-state index < -0.39 is 5.60 Å². The minimum Gasteiger partial charge on any atom is -0.489 e. The van der Waals surface area contributed by atoms with Crippen LogP contribution in [0.2, 0.25) is 0 Å². The first-order valence-corrected chi connectivity index (χ1v) is 14.3. The van der Waals surface area contributed by atoms with Crippen molar-refractivity contribution in [2.24, 2.45) is 0 Å². The molecule has 0 saturated carbocycles. The number of hydrogen-bond donors (Lipinski definition) is 1. The molecule has 2 aromatic carbocycles. The van der Waals surface area contributed by atoms with Gasteiger partial charge in [0.1, 0.15) is 23.7 Å². The Morgan fingerprint density at radius 2 is 1.76 bits per heavy atom. The minimum atomic E-state index is -0.405. The summed E-state index contributed by atoms with van der Waals surface area (Å²) in [6.45, 7) is 11.6. The van der Waals surface area contributed by atoms with Crippen molar-refractivity contribution >= 4 is 29.0 Å². The lowest BCUT2D eigenvalue weighted by Crippen LogP contribution is -2.42. The van der Waals surface area contributed by atoms with Gasteiger partial charge in [0.15, 0.2) is 0 Å². The van der Waals surface area contributed by atoms with E-state index in [1.165, 1.54) is 59.9 Å². The van der Waals surface area contributed by atoms with Crippen LogP contribution in [0.3, 0.4) is 0 Å². The quantitative estimate of drug-likeness (QED) is 0.257. The number of fused-ring (bicyclic) bond motifs is 1. The fraction of sp³-hybridized carbons (Fsp3) is 0.484. The fourth-order valence-electron chi connectivity index (χ4n) is 5.23. The monoisotopic (exact) mass is 521 g/mol. The summed E-state index contributed by atoms with van der Waals surface area (Å²) in [6.07, 6.45) is 11.3. The standard InChI is InChI=1S/C31H39NO4S/c1-6-7-8-9-10-11-25-20(2)21(3)28-26(22(25)4)16-17-31(5,36-28)19-35-24-14-12-23(13-15-24)18-27-29(33)32-30(34)37-27/h12-15,18H,6-11,16-17,19H2,1-5H3,(H,32,33,34)/b27-18-. The number of thioether (sulfide) groups is 1. The van der Waals surface area contributed by atoms with Crippen LogP contribution in [-0.4, -0.2) is 23.4 Å². The highest BCUT2D eigenvalue weighted by molar-refractivity contribution is 8.18. The molecule has 1 unspecified atom stereocenters. The lowest BCUT2D eigenvalue weighted by Gasteiger charge is -2.38. The Morgan fingerprint density at radius 1 is 1.03 bits per heavy atom. The maximum absolute atomic E-state index is 11.8. The normalized spacial score (nSPS) is 20.1. The van der Waals surface area contributed by atoms with Gasteiger partial charge in [0.2, 0.25) is 0 Å². The Bertz CT molecular complexity index is 1200. The smallest absolute Gasteiger partial charge is 0.290 e. The third-order valence-corrected chi connectivity index (χ3v) is 8.49. The number of ether oxygens (including phenoxy) is 2. The number of unbranched alkanes of at least 4 members (excludes halogenated alkanes) is 4. The zero-order valence-corrected chi connectivity index (χ0v) is 23.6. The van der Waals surface area contributed by atoms with Crippen molar-refractivity contribution in [1.82, 2.24) is 5.32 Å². The summed E-state index contributed by atoms with van der Waals surface area (Å²) in [4.78, 5) is 23.5. The van der Waals surface area contributed by atoms with Gasteiger partial charge < -0.3 is 9.47 Å². The third-order valence-electron chi connectivity index (χ3n) is 7.68. The van der Waals surface area contributed by atoms with E-state index in [-0.39, 0.29) is 11.1 Å². The highest BCUT2D eigenvalue weighted by Gasteiger charge is 2.35. The Hall–Kier alpha value is -2.73. The van der Waals surface area contributed by atoms with Crippen molar-refractivity contribution in [2.75, 3.05) is 6.61 Å². The van der Waals surface area contributed by atoms with Gasteiger partial charge in [0.25, 0.3) is 11.1 Å². The number of imide groups is 1. The Balaban J connectivity index is 1.40. The first-order chi connectivity index (χ1) is 17.7. The molecule has 2 aliphatic rings. The molecule has 0 aliphatic carbocycles. The molecule has 0 spiro atoms. The summed E-state index contributed by atoms with van der Waals surface area (Å²) in [5.41, 5.74) is 7.38. The van der Waals surface area contributed by atoms with Gasteiger partial charge in [-0.25, -0.2) is 0 Å². The minimum absolute atomic E-state index is 0.335. The summed E-state index contributed by atoms with van der Waals surface area (Å²) in [7, 11) is 0. The van der Waals surface area contributed by atoms with E-state index in [2.05, 4.69) is 39.9 Å². The third kappa shape index (κ3) is 6.40. The molecular formula is C31H39NO4S. The van der Waals surface area contributed by atoms with E-state index in [1.807, 2.05) is 24.3 Å². The van der Waals surface area contributed by atoms with Crippen LogP contribution >= 0.6 is 11.8 Å². The van der Waals surface area contributed by atoms with Crippen LogP contribution in [-0.2, 0) is 17.6 Å². The van der Waals surface area contributed by atoms with Crippen LogP contribution in [0.1, 0.15) is 85.8 Å². The number of carbonyl (C=O) groups is 2. The largest absolute Gasteiger partial charge is 0.489 e. The van der Waals surface area contributed by atoms with Gasteiger partial charge >= 0.3 is 0 Å².